The van der Waals surface area contributed by atoms with E-state index in [9.17, 15) is 9.00 Å². The van der Waals surface area contributed by atoms with E-state index in [1.54, 1.807) is 6.92 Å². The summed E-state index contributed by atoms with van der Waals surface area (Å²) >= 11 is 0. The Bertz CT molecular complexity index is 759. The molecular weight excluding hydrogens is 284 g/mol. The van der Waals surface area contributed by atoms with Gasteiger partial charge in [0.05, 0.1) is 16.2 Å². The van der Waals surface area contributed by atoms with Gasteiger partial charge in [-0.25, -0.2) is 0 Å². The van der Waals surface area contributed by atoms with Crippen LogP contribution in [0.1, 0.15) is 49.8 Å². The maximum Gasteiger partial charge on any atom is 0.197 e. The van der Waals surface area contributed by atoms with Crippen LogP contribution in [0, 0.1) is 13.8 Å². The first-order valence-corrected chi connectivity index (χ1v) is 8.68. The van der Waals surface area contributed by atoms with Gasteiger partial charge in [-0.3, -0.25) is 9.00 Å². The molecule has 4 heteroatoms. The molecule has 0 saturated heterocycles. The molecule has 1 aromatic heterocycles. The molecule has 1 heterocycles. The van der Waals surface area contributed by atoms with E-state index in [4.69, 9.17) is 4.42 Å². The van der Waals surface area contributed by atoms with E-state index in [0.717, 1.165) is 17.5 Å². The van der Waals surface area contributed by atoms with Crippen LogP contribution < -0.4 is 5.43 Å². The average molecular weight is 306 g/mol. The third-order valence-corrected chi connectivity index (χ3v) is 5.29. The zero-order chi connectivity index (χ0) is 15.7. The Morgan fingerprint density at radius 1 is 1.24 bits per heavy atom. The van der Waals surface area contributed by atoms with Crippen LogP contribution in [0.5, 0.6) is 0 Å². The van der Waals surface area contributed by atoms with Gasteiger partial charge in [0.1, 0.15) is 5.58 Å². The Morgan fingerprint density at radius 2 is 1.90 bits per heavy atom. The van der Waals surface area contributed by atoms with Crippen molar-refractivity contribution in [2.45, 2.75) is 52.0 Å². The Hall–Kier alpha value is -1.42. The molecule has 0 N–H and O–H groups in total. The fraction of sp³-hybridized carbons (Fsp3) is 0.471. The molecular formula is C17H22O3S. The van der Waals surface area contributed by atoms with Gasteiger partial charge in [-0.05, 0) is 43.4 Å². The zero-order valence-electron chi connectivity index (χ0n) is 13.3. The predicted octanol–water partition coefficient (Wildman–Crippen LogP) is 4.05. The highest BCUT2D eigenvalue weighted by molar-refractivity contribution is 7.84. The van der Waals surface area contributed by atoms with Crippen molar-refractivity contribution in [1.82, 2.24) is 0 Å². The van der Waals surface area contributed by atoms with Gasteiger partial charge in [0, 0.05) is 11.3 Å². The molecule has 0 saturated carbocycles. The van der Waals surface area contributed by atoms with Crippen LogP contribution in [-0.4, -0.2) is 9.96 Å². The third kappa shape index (κ3) is 2.82. The normalized spacial score (nSPS) is 14.3. The summed E-state index contributed by atoms with van der Waals surface area (Å²) in [6.07, 6.45) is 0.961. The first-order chi connectivity index (χ1) is 9.90. The minimum absolute atomic E-state index is 0.0682. The monoisotopic (exact) mass is 306 g/mol. The summed E-state index contributed by atoms with van der Waals surface area (Å²) in [5.74, 6) is 0.737. The van der Waals surface area contributed by atoms with Crippen molar-refractivity contribution < 1.29 is 8.63 Å². The van der Waals surface area contributed by atoms with Crippen LogP contribution in [0.3, 0.4) is 0 Å². The number of fused-ring (bicyclic) bond motifs is 1. The maximum atomic E-state index is 12.6. The molecule has 0 aliphatic heterocycles. The van der Waals surface area contributed by atoms with E-state index in [1.807, 2.05) is 19.9 Å². The second-order valence-electron chi connectivity index (χ2n) is 5.52. The molecule has 1 unspecified atom stereocenters. The van der Waals surface area contributed by atoms with Crippen LogP contribution in [0.15, 0.2) is 26.4 Å². The van der Waals surface area contributed by atoms with Crippen molar-refractivity contribution in [2.75, 3.05) is 5.75 Å². The van der Waals surface area contributed by atoms with Gasteiger partial charge < -0.3 is 4.42 Å². The molecule has 0 radical (unpaired) electrons. The summed E-state index contributed by atoms with van der Waals surface area (Å²) in [4.78, 5) is 12.6. The highest BCUT2D eigenvalue weighted by Gasteiger charge is 2.19. The van der Waals surface area contributed by atoms with Crippen LogP contribution in [0.4, 0.5) is 0 Å². The number of hydrogen-bond acceptors (Lipinski definition) is 3. The van der Waals surface area contributed by atoms with E-state index in [2.05, 4.69) is 19.9 Å². The summed E-state index contributed by atoms with van der Waals surface area (Å²) < 4.78 is 18.1. The fourth-order valence-corrected chi connectivity index (χ4v) is 3.35. The second-order valence-corrected chi connectivity index (χ2v) is 7.16. The average Bonchev–Trinajstić information content (AvgIpc) is 2.49. The highest BCUT2D eigenvalue weighted by atomic mass is 32.2. The summed E-state index contributed by atoms with van der Waals surface area (Å²) in [6.45, 7) is 9.73. The summed E-state index contributed by atoms with van der Waals surface area (Å²) in [5.41, 5.74) is 3.07. The van der Waals surface area contributed by atoms with Crippen LogP contribution >= 0.6 is 0 Å². The molecule has 3 nitrogen and oxygen atoms in total. The lowest BCUT2D eigenvalue weighted by atomic mass is 9.94. The molecule has 0 aliphatic carbocycles. The quantitative estimate of drug-likeness (QED) is 0.856. The Kier molecular flexibility index (Phi) is 4.67. The smallest absolute Gasteiger partial charge is 0.197 e. The minimum atomic E-state index is -1.26. The van der Waals surface area contributed by atoms with Gasteiger partial charge in [-0.1, -0.05) is 26.8 Å². The predicted molar refractivity (Wildman–Crippen MR) is 87.6 cm³/mol. The highest BCUT2D eigenvalue weighted by Crippen LogP contribution is 2.30. The van der Waals surface area contributed by atoms with E-state index in [-0.39, 0.29) is 5.43 Å². The van der Waals surface area contributed by atoms with Gasteiger partial charge >= 0.3 is 0 Å². The van der Waals surface area contributed by atoms with E-state index in [0.29, 0.717) is 33.3 Å². The Morgan fingerprint density at radius 3 is 2.48 bits per heavy atom. The van der Waals surface area contributed by atoms with E-state index in [1.165, 1.54) is 0 Å². The largest absolute Gasteiger partial charge is 0.446 e. The summed E-state index contributed by atoms with van der Waals surface area (Å²) in [7, 11) is -1.26. The van der Waals surface area contributed by atoms with Crippen LogP contribution in [-0.2, 0) is 10.8 Å². The first-order valence-electron chi connectivity index (χ1n) is 7.37. The van der Waals surface area contributed by atoms with Crippen molar-refractivity contribution in [3.8, 4) is 0 Å². The molecule has 0 bridgehead atoms. The molecule has 0 fully saturated rings. The lowest BCUT2D eigenvalue weighted by molar-refractivity contribution is 0.476. The van der Waals surface area contributed by atoms with Gasteiger partial charge in [0.2, 0.25) is 0 Å². The van der Waals surface area contributed by atoms with Crippen molar-refractivity contribution in [2.24, 2.45) is 0 Å². The Labute approximate surface area is 127 Å². The number of aryl methyl sites for hydroxylation is 1. The minimum Gasteiger partial charge on any atom is -0.446 e. The number of rotatable bonds is 4. The SMILES string of the molecule is CC[C@@H](C)c1cc(C)cc2c(=O)c(C)c(S(=O)CC)oc12. The van der Waals surface area contributed by atoms with Crippen molar-refractivity contribution in [3.05, 3.63) is 39.0 Å². The van der Waals surface area contributed by atoms with Gasteiger partial charge in [0.15, 0.2) is 10.5 Å². The lowest BCUT2D eigenvalue weighted by Gasteiger charge is -2.14. The zero-order valence-corrected chi connectivity index (χ0v) is 14.1. The fourth-order valence-electron chi connectivity index (χ4n) is 2.48. The van der Waals surface area contributed by atoms with Crippen molar-refractivity contribution in [1.29, 1.82) is 0 Å². The van der Waals surface area contributed by atoms with Crippen LogP contribution in [0.25, 0.3) is 11.0 Å². The molecule has 0 spiro atoms. The summed E-state index contributed by atoms with van der Waals surface area (Å²) in [5, 5.41) is 0.919. The lowest BCUT2D eigenvalue weighted by Crippen LogP contribution is -2.12. The molecule has 2 aromatic rings. The van der Waals surface area contributed by atoms with Gasteiger partial charge in [0.25, 0.3) is 0 Å². The molecule has 2 atom stereocenters. The van der Waals surface area contributed by atoms with E-state index >= 15 is 0 Å². The summed E-state index contributed by atoms with van der Waals surface area (Å²) in [6, 6.07) is 3.92. The molecule has 1 aromatic carbocycles. The third-order valence-electron chi connectivity index (χ3n) is 3.96. The van der Waals surface area contributed by atoms with E-state index < -0.39 is 10.8 Å². The molecule has 21 heavy (non-hydrogen) atoms. The second kappa shape index (κ2) is 6.14. The topological polar surface area (TPSA) is 47.3 Å². The van der Waals surface area contributed by atoms with Crippen LogP contribution in [0.2, 0.25) is 0 Å². The number of hydrogen-bond donors (Lipinski definition) is 0. The molecule has 0 aliphatic rings. The Balaban J connectivity index is 2.91. The van der Waals surface area contributed by atoms with Gasteiger partial charge in [-0.2, -0.15) is 0 Å². The first kappa shape index (κ1) is 16.0. The van der Waals surface area contributed by atoms with Gasteiger partial charge in [-0.15, -0.1) is 0 Å². The number of benzene rings is 1. The van der Waals surface area contributed by atoms with Crippen molar-refractivity contribution in [3.63, 3.8) is 0 Å². The standard InChI is InChI=1S/C17H22O3S/c1-6-11(4)13-8-10(3)9-14-15(18)12(5)17(20-16(13)14)21(19)7-2/h8-9,11H,6-7H2,1-5H3/t11-,21?/m1/s1. The molecule has 114 valence electrons. The maximum absolute atomic E-state index is 12.6. The molecule has 0 amide bonds. The molecule has 2 rings (SSSR count). The van der Waals surface area contributed by atoms with Crippen molar-refractivity contribution >= 4 is 21.8 Å².